The smallest absolute Gasteiger partial charge is 0.336 e. The van der Waals surface area contributed by atoms with Gasteiger partial charge in [0.15, 0.2) is 0 Å². The molecule has 0 fully saturated rings. The molecule has 0 aliphatic rings. The topological polar surface area (TPSA) is 93.1 Å². The van der Waals surface area contributed by atoms with Crippen molar-refractivity contribution in [2.45, 2.75) is 6.42 Å². The first kappa shape index (κ1) is 38.9. The lowest BCUT2D eigenvalue weighted by Crippen LogP contribution is -2.09. The van der Waals surface area contributed by atoms with E-state index < -0.39 is 11.9 Å². The van der Waals surface area contributed by atoms with Crippen molar-refractivity contribution in [3.8, 4) is 56.0 Å². The molecule has 0 saturated heterocycles. The summed E-state index contributed by atoms with van der Waals surface area (Å²) in [6, 6.07) is 62.8. The molecule has 6 heteroatoms. The van der Waals surface area contributed by atoms with E-state index in [0.29, 0.717) is 51.3 Å². The molecule has 304 valence electrons. The van der Waals surface area contributed by atoms with Gasteiger partial charge in [-0.1, -0.05) is 170 Å². The number of benzene rings is 10. The molecule has 10 aromatic rings. The molecule has 0 saturated carbocycles. The average molecular weight is 821 g/mol. The third-order valence-corrected chi connectivity index (χ3v) is 11.8. The Labute approximate surface area is 363 Å². The normalized spacial score (nSPS) is 11.3. The van der Waals surface area contributed by atoms with E-state index >= 15 is 0 Å². The Balaban J connectivity index is 1.04. The number of carbonyl (C=O) groups is 2. The molecule has 0 atom stereocenters. The zero-order chi connectivity index (χ0) is 42.9. The minimum Gasteiger partial charge on any atom is -0.493 e. The van der Waals surface area contributed by atoms with Gasteiger partial charge in [-0.05, 0) is 89.6 Å². The third kappa shape index (κ3) is 7.17. The Bertz CT molecular complexity index is 3150. The number of ether oxygens (including phenoxy) is 2. The zero-order valence-corrected chi connectivity index (χ0v) is 34.1. The number of carboxylic acid groups (broad SMARTS) is 2. The summed E-state index contributed by atoms with van der Waals surface area (Å²) in [5.74, 6) is -0.927. The highest BCUT2D eigenvalue weighted by Gasteiger charge is 2.27. The van der Waals surface area contributed by atoms with Crippen molar-refractivity contribution >= 4 is 55.0 Å². The maximum absolute atomic E-state index is 13.5. The van der Waals surface area contributed by atoms with Crippen LogP contribution in [0.4, 0.5) is 0 Å². The first-order chi connectivity index (χ1) is 31.0. The number of aromatic carboxylic acids is 2. The lowest BCUT2D eigenvalue weighted by atomic mass is 9.85. The molecule has 0 bridgehead atoms. The molecular weight excluding hydrogens is 781 g/mol. The summed E-state index contributed by atoms with van der Waals surface area (Å²) in [4.78, 5) is 26.9. The molecule has 0 unspecified atom stereocenters. The van der Waals surface area contributed by atoms with Gasteiger partial charge >= 0.3 is 11.9 Å². The van der Waals surface area contributed by atoms with Crippen LogP contribution >= 0.6 is 0 Å². The van der Waals surface area contributed by atoms with Crippen LogP contribution in [0.5, 0.6) is 11.5 Å². The largest absolute Gasteiger partial charge is 0.493 e. The highest BCUT2D eigenvalue weighted by atomic mass is 16.5. The van der Waals surface area contributed by atoms with Gasteiger partial charge in [0.25, 0.3) is 0 Å². The van der Waals surface area contributed by atoms with Crippen LogP contribution < -0.4 is 9.47 Å². The Morgan fingerprint density at radius 2 is 0.698 bits per heavy atom. The van der Waals surface area contributed by atoms with Crippen LogP contribution in [0.25, 0.3) is 87.6 Å². The molecule has 0 amide bonds. The average Bonchev–Trinajstić information content (AvgIpc) is 3.33. The SMILES string of the molecule is O=C(O)c1c(-c2ccccc2)cc2ccccc2c1-c1c(OCCCOc2ccc3ccccc3c2-c2c(C(=O)O)c(-c3ccccc3)cc3ccccc23)ccc2ccccc12. The molecule has 0 aromatic heterocycles. The summed E-state index contributed by atoms with van der Waals surface area (Å²) < 4.78 is 13.3. The number of hydrogen-bond donors (Lipinski definition) is 2. The molecule has 0 heterocycles. The molecule has 0 spiro atoms. The van der Waals surface area contributed by atoms with Crippen LogP contribution in [0.2, 0.25) is 0 Å². The quantitative estimate of drug-likeness (QED) is 0.119. The first-order valence-corrected chi connectivity index (χ1v) is 20.9. The van der Waals surface area contributed by atoms with Gasteiger partial charge in [0.1, 0.15) is 11.5 Å². The van der Waals surface area contributed by atoms with E-state index in [2.05, 4.69) is 0 Å². The Morgan fingerprint density at radius 1 is 0.365 bits per heavy atom. The zero-order valence-electron chi connectivity index (χ0n) is 34.1. The van der Waals surface area contributed by atoms with Gasteiger partial charge in [-0.25, -0.2) is 9.59 Å². The Hall–Kier alpha value is -8.22. The second-order valence-electron chi connectivity index (χ2n) is 15.5. The van der Waals surface area contributed by atoms with Gasteiger partial charge in [-0.15, -0.1) is 0 Å². The van der Waals surface area contributed by atoms with Gasteiger partial charge < -0.3 is 19.7 Å². The third-order valence-electron chi connectivity index (χ3n) is 11.8. The van der Waals surface area contributed by atoms with E-state index in [1.165, 1.54) is 0 Å². The van der Waals surface area contributed by atoms with Crippen molar-refractivity contribution in [1.29, 1.82) is 0 Å². The van der Waals surface area contributed by atoms with Crippen LogP contribution in [0.3, 0.4) is 0 Å². The minimum absolute atomic E-state index is 0.206. The maximum Gasteiger partial charge on any atom is 0.336 e. The highest BCUT2D eigenvalue weighted by molar-refractivity contribution is 6.19. The summed E-state index contributed by atoms with van der Waals surface area (Å²) in [7, 11) is 0. The van der Waals surface area contributed by atoms with E-state index in [9.17, 15) is 19.8 Å². The lowest BCUT2D eigenvalue weighted by molar-refractivity contribution is 0.0687. The second-order valence-corrected chi connectivity index (χ2v) is 15.5. The van der Waals surface area contributed by atoms with Crippen molar-refractivity contribution < 1.29 is 29.3 Å². The monoisotopic (exact) mass is 820 g/mol. The number of hydrogen-bond acceptors (Lipinski definition) is 4. The summed E-state index contributed by atoms with van der Waals surface area (Å²) in [5.41, 5.74) is 5.91. The fraction of sp³-hybridized carbons (Fsp3) is 0.0526. The summed E-state index contributed by atoms with van der Waals surface area (Å²) >= 11 is 0. The molecule has 2 N–H and O–H groups in total. The van der Waals surface area contributed by atoms with Gasteiger partial charge in [-0.2, -0.15) is 0 Å². The second kappa shape index (κ2) is 16.7. The number of rotatable bonds is 12. The number of fused-ring (bicyclic) bond motifs is 4. The molecule has 10 rings (SSSR count). The van der Waals surface area contributed by atoms with Crippen molar-refractivity contribution in [1.82, 2.24) is 0 Å². The van der Waals surface area contributed by atoms with E-state index in [4.69, 9.17) is 9.47 Å². The van der Waals surface area contributed by atoms with Crippen LogP contribution in [-0.4, -0.2) is 35.4 Å². The molecule has 0 radical (unpaired) electrons. The van der Waals surface area contributed by atoms with Gasteiger partial charge in [-0.3, -0.25) is 0 Å². The lowest BCUT2D eigenvalue weighted by Gasteiger charge is -2.21. The maximum atomic E-state index is 13.5. The van der Waals surface area contributed by atoms with E-state index in [-0.39, 0.29) is 24.3 Å². The van der Waals surface area contributed by atoms with Crippen LogP contribution in [0.1, 0.15) is 27.1 Å². The fourth-order valence-corrected chi connectivity index (χ4v) is 9.03. The van der Waals surface area contributed by atoms with Gasteiger partial charge in [0.2, 0.25) is 0 Å². The van der Waals surface area contributed by atoms with Crippen LogP contribution in [0, 0.1) is 0 Å². The van der Waals surface area contributed by atoms with Gasteiger partial charge in [0.05, 0.1) is 24.3 Å². The van der Waals surface area contributed by atoms with Crippen molar-refractivity contribution in [3.63, 3.8) is 0 Å². The highest BCUT2D eigenvalue weighted by Crippen LogP contribution is 2.47. The van der Waals surface area contributed by atoms with E-state index in [0.717, 1.165) is 54.2 Å². The predicted molar refractivity (Wildman–Crippen MR) is 254 cm³/mol. The Kier molecular flexibility index (Phi) is 10.3. The fourth-order valence-electron chi connectivity index (χ4n) is 9.03. The molecule has 63 heavy (non-hydrogen) atoms. The van der Waals surface area contributed by atoms with Gasteiger partial charge in [0, 0.05) is 28.7 Å². The van der Waals surface area contributed by atoms with E-state index in [1.54, 1.807) is 0 Å². The summed E-state index contributed by atoms with van der Waals surface area (Å²) in [6.07, 6.45) is 0.478. The summed E-state index contributed by atoms with van der Waals surface area (Å²) in [5, 5.41) is 29.2. The number of carboxylic acids is 2. The Morgan fingerprint density at radius 3 is 1.08 bits per heavy atom. The van der Waals surface area contributed by atoms with Crippen LogP contribution in [0.15, 0.2) is 194 Å². The van der Waals surface area contributed by atoms with Crippen molar-refractivity contribution in [3.05, 3.63) is 205 Å². The van der Waals surface area contributed by atoms with E-state index in [1.807, 2.05) is 194 Å². The molecule has 0 aliphatic heterocycles. The van der Waals surface area contributed by atoms with Crippen molar-refractivity contribution in [2.24, 2.45) is 0 Å². The van der Waals surface area contributed by atoms with Crippen molar-refractivity contribution in [2.75, 3.05) is 13.2 Å². The molecule has 0 aliphatic carbocycles. The standard InChI is InChI=1S/C57H40O6/c58-56(59)54-46(36-16-3-1-4-17-36)34-40-22-9-13-26-44(40)52(54)50-42-24-11-7-20-38(42)28-30-48(50)62-32-15-33-63-49-31-29-39-21-8-12-25-43(39)51(49)53-45-27-14-10-23-41(45)35-47(55(53)57(60)61)37-18-5-2-6-19-37/h1-14,16-31,34-35H,15,32-33H2,(H,58,59)(H,60,61). The predicted octanol–water partition coefficient (Wildman–Crippen LogP) is 14.2. The molecule has 10 aromatic carbocycles. The summed E-state index contributed by atoms with van der Waals surface area (Å²) in [6.45, 7) is 0.527. The van der Waals surface area contributed by atoms with Crippen LogP contribution in [-0.2, 0) is 0 Å². The first-order valence-electron chi connectivity index (χ1n) is 20.9. The minimum atomic E-state index is -1.03. The molecule has 6 nitrogen and oxygen atoms in total. The molecular formula is C57H40O6.